The van der Waals surface area contributed by atoms with Crippen molar-refractivity contribution in [2.24, 2.45) is 0 Å². The summed E-state index contributed by atoms with van der Waals surface area (Å²) in [5.41, 5.74) is 0.638. The second kappa shape index (κ2) is 9.42. The number of benzene rings is 2. The van der Waals surface area contributed by atoms with Crippen LogP contribution in [0, 0.1) is 0 Å². The van der Waals surface area contributed by atoms with Gasteiger partial charge in [-0.05, 0) is 52.0 Å². The quantitative estimate of drug-likeness (QED) is 0.527. The van der Waals surface area contributed by atoms with Gasteiger partial charge in [0, 0.05) is 12.1 Å². The Bertz CT molecular complexity index is 914. The Morgan fingerprint density at radius 3 is 1.38 bits per heavy atom. The fraction of sp³-hybridized carbons (Fsp3) is 0.300. The Balaban J connectivity index is 2.27. The average molecular weight is 419 g/mol. The number of carbonyl (C=O) groups is 2. The molecule has 2 rings (SSSR count). The number of hydrogen-bond acceptors (Lipinski definition) is 4. The van der Waals surface area contributed by atoms with E-state index in [1.165, 1.54) is 24.3 Å². The molecule has 2 amide bonds. The zero-order chi connectivity index (χ0) is 21.6. The minimum absolute atomic E-state index is 0.100. The minimum Gasteiger partial charge on any atom is -0.350 e. The first kappa shape index (κ1) is 22.2. The molecule has 0 unspecified atom stereocenters. The molecule has 156 valence electrons. The summed E-state index contributed by atoms with van der Waals surface area (Å²) >= 11 is 0. The van der Waals surface area contributed by atoms with Crippen LogP contribution in [0.5, 0.6) is 0 Å². The molecule has 9 heteroatoms. The molecule has 0 spiro atoms. The predicted molar refractivity (Wildman–Crippen MR) is 114 cm³/mol. The molecule has 0 aliphatic heterocycles. The summed E-state index contributed by atoms with van der Waals surface area (Å²) in [6.07, 6.45) is 0. The molecule has 8 nitrogen and oxygen atoms in total. The maximum atomic E-state index is 12.7. The Morgan fingerprint density at radius 1 is 0.690 bits per heavy atom. The van der Waals surface area contributed by atoms with Gasteiger partial charge in [-0.3, -0.25) is 19.0 Å². The van der Waals surface area contributed by atoms with Gasteiger partial charge in [0.2, 0.25) is 0 Å². The second-order valence-corrected chi connectivity index (χ2v) is 8.47. The van der Waals surface area contributed by atoms with Crippen LogP contribution in [0.25, 0.3) is 0 Å². The predicted octanol–water partition coefficient (Wildman–Crippen LogP) is 2.73. The van der Waals surface area contributed by atoms with Gasteiger partial charge in [-0.1, -0.05) is 24.3 Å². The van der Waals surface area contributed by atoms with Gasteiger partial charge >= 0.3 is 10.2 Å². The summed E-state index contributed by atoms with van der Waals surface area (Å²) in [7, 11) is -4.12. The number of para-hydroxylation sites is 2. The average Bonchev–Trinajstić information content (AvgIpc) is 2.60. The highest BCUT2D eigenvalue weighted by Gasteiger charge is 2.20. The fourth-order valence-corrected chi connectivity index (χ4v) is 3.52. The van der Waals surface area contributed by atoms with Gasteiger partial charge < -0.3 is 10.6 Å². The molecule has 0 saturated carbocycles. The largest absolute Gasteiger partial charge is 0.350 e. The Hall–Kier alpha value is -3.07. The van der Waals surface area contributed by atoms with Crippen LogP contribution >= 0.6 is 0 Å². The van der Waals surface area contributed by atoms with Crippen LogP contribution in [0.4, 0.5) is 11.4 Å². The lowest BCUT2D eigenvalue weighted by Crippen LogP contribution is -2.32. The summed E-state index contributed by atoms with van der Waals surface area (Å²) in [5, 5.41) is 5.46. The fourth-order valence-electron chi connectivity index (χ4n) is 2.54. The third kappa shape index (κ3) is 6.49. The monoisotopic (exact) mass is 418 g/mol. The molecule has 0 fully saturated rings. The molecule has 4 N–H and O–H groups in total. The van der Waals surface area contributed by atoms with Crippen molar-refractivity contribution in [2.75, 3.05) is 9.44 Å². The van der Waals surface area contributed by atoms with Crippen LogP contribution in [0.15, 0.2) is 48.5 Å². The number of amides is 2. The maximum absolute atomic E-state index is 12.7. The maximum Gasteiger partial charge on any atom is 0.321 e. The highest BCUT2D eigenvalue weighted by Crippen LogP contribution is 2.20. The molecule has 2 aromatic rings. The van der Waals surface area contributed by atoms with Crippen LogP contribution in [-0.4, -0.2) is 32.3 Å². The van der Waals surface area contributed by atoms with E-state index in [1.54, 1.807) is 24.3 Å². The van der Waals surface area contributed by atoms with Gasteiger partial charge in [-0.15, -0.1) is 0 Å². The van der Waals surface area contributed by atoms with Crippen molar-refractivity contribution in [1.82, 2.24) is 10.6 Å². The Kier molecular flexibility index (Phi) is 7.22. The molecule has 0 heterocycles. The highest BCUT2D eigenvalue weighted by molar-refractivity contribution is 7.94. The zero-order valence-electron chi connectivity index (χ0n) is 16.8. The topological polar surface area (TPSA) is 116 Å². The third-order valence-electron chi connectivity index (χ3n) is 3.67. The van der Waals surface area contributed by atoms with Crippen molar-refractivity contribution in [2.45, 2.75) is 39.8 Å². The van der Waals surface area contributed by atoms with Gasteiger partial charge in [-0.2, -0.15) is 8.42 Å². The lowest BCUT2D eigenvalue weighted by molar-refractivity contribution is 0.0935. The first-order valence-electron chi connectivity index (χ1n) is 9.19. The first-order valence-corrected chi connectivity index (χ1v) is 10.7. The van der Waals surface area contributed by atoms with Gasteiger partial charge in [0.25, 0.3) is 11.8 Å². The van der Waals surface area contributed by atoms with E-state index < -0.39 is 22.0 Å². The molecule has 2 aromatic carbocycles. The molecule has 0 aromatic heterocycles. The lowest BCUT2D eigenvalue weighted by Gasteiger charge is -2.16. The van der Waals surface area contributed by atoms with Gasteiger partial charge in [0.05, 0.1) is 22.5 Å². The minimum atomic E-state index is -4.12. The molecule has 29 heavy (non-hydrogen) atoms. The van der Waals surface area contributed by atoms with E-state index >= 15 is 0 Å². The van der Waals surface area contributed by atoms with Crippen LogP contribution in [0.2, 0.25) is 0 Å². The van der Waals surface area contributed by atoms with E-state index in [9.17, 15) is 18.0 Å². The van der Waals surface area contributed by atoms with Gasteiger partial charge in [-0.25, -0.2) is 0 Å². The van der Waals surface area contributed by atoms with E-state index in [0.717, 1.165) is 0 Å². The van der Waals surface area contributed by atoms with Crippen molar-refractivity contribution in [1.29, 1.82) is 0 Å². The molecular weight excluding hydrogens is 392 g/mol. The summed E-state index contributed by atoms with van der Waals surface area (Å²) in [4.78, 5) is 24.7. The summed E-state index contributed by atoms with van der Waals surface area (Å²) in [6.45, 7) is 7.24. The lowest BCUT2D eigenvalue weighted by atomic mass is 10.1. The highest BCUT2D eigenvalue weighted by atomic mass is 32.2. The third-order valence-corrected chi connectivity index (χ3v) is 4.65. The van der Waals surface area contributed by atoms with Gasteiger partial charge in [0.1, 0.15) is 0 Å². The number of hydrogen-bond donors (Lipinski definition) is 4. The van der Waals surface area contributed by atoms with E-state index in [0.29, 0.717) is 0 Å². The van der Waals surface area contributed by atoms with Crippen molar-refractivity contribution in [3.8, 4) is 0 Å². The van der Waals surface area contributed by atoms with E-state index in [2.05, 4.69) is 20.1 Å². The van der Waals surface area contributed by atoms with E-state index in [-0.39, 0.29) is 34.6 Å². The normalized spacial score (nSPS) is 11.2. The Labute approximate surface area is 171 Å². The number of anilines is 2. The van der Waals surface area contributed by atoms with Crippen LogP contribution in [0.1, 0.15) is 48.4 Å². The molecule has 0 aliphatic rings. The van der Waals surface area contributed by atoms with Crippen molar-refractivity contribution in [3.05, 3.63) is 59.7 Å². The Morgan fingerprint density at radius 2 is 1.03 bits per heavy atom. The van der Waals surface area contributed by atoms with Crippen LogP contribution in [-0.2, 0) is 10.2 Å². The van der Waals surface area contributed by atoms with Crippen molar-refractivity contribution in [3.63, 3.8) is 0 Å². The number of rotatable bonds is 8. The summed E-state index contributed by atoms with van der Waals surface area (Å²) < 4.78 is 30.1. The van der Waals surface area contributed by atoms with Crippen molar-refractivity contribution < 1.29 is 18.0 Å². The number of carbonyl (C=O) groups excluding carboxylic acids is 2. The standard InChI is InChI=1S/C20H26N4O4S/c1-13(2)21-19(25)15-9-5-7-11-17(15)23-29(27,28)24-18-12-8-6-10-16(18)20(26)22-14(3)4/h5-14,23-24H,1-4H3,(H,21,25)(H,22,26). The molecule has 0 radical (unpaired) electrons. The smallest absolute Gasteiger partial charge is 0.321 e. The zero-order valence-corrected chi connectivity index (χ0v) is 17.6. The molecule has 0 aliphatic carbocycles. The summed E-state index contributed by atoms with van der Waals surface area (Å²) in [5.74, 6) is -0.787. The molecule has 0 atom stereocenters. The molecule has 0 saturated heterocycles. The first-order chi connectivity index (χ1) is 13.6. The SMILES string of the molecule is CC(C)NC(=O)c1ccccc1NS(=O)(=O)Nc1ccccc1C(=O)NC(C)C. The van der Waals surface area contributed by atoms with Crippen LogP contribution in [0.3, 0.4) is 0 Å². The summed E-state index contributed by atoms with van der Waals surface area (Å²) in [6, 6.07) is 12.4. The molecule has 0 bridgehead atoms. The second-order valence-electron chi connectivity index (χ2n) is 7.06. The van der Waals surface area contributed by atoms with Crippen molar-refractivity contribution >= 4 is 33.4 Å². The van der Waals surface area contributed by atoms with E-state index in [1.807, 2.05) is 27.7 Å². The van der Waals surface area contributed by atoms with E-state index in [4.69, 9.17) is 0 Å². The van der Waals surface area contributed by atoms with Gasteiger partial charge in [0.15, 0.2) is 0 Å². The molecular formula is C20H26N4O4S. The number of nitrogens with one attached hydrogen (secondary N) is 4. The van der Waals surface area contributed by atoms with Crippen LogP contribution < -0.4 is 20.1 Å².